The summed E-state index contributed by atoms with van der Waals surface area (Å²) in [6, 6.07) is 0. The molecular formula is C6H13NO2. The summed E-state index contributed by atoms with van der Waals surface area (Å²) in [6.45, 7) is 1.66. The van der Waals surface area contributed by atoms with Gasteiger partial charge in [0.15, 0.2) is 0 Å². The van der Waals surface area contributed by atoms with E-state index in [1.165, 1.54) is 0 Å². The lowest BCUT2D eigenvalue weighted by molar-refractivity contribution is 0.0460. The van der Waals surface area contributed by atoms with Gasteiger partial charge < -0.3 is 15.5 Å². The summed E-state index contributed by atoms with van der Waals surface area (Å²) in [7, 11) is 0. The van der Waals surface area contributed by atoms with Crippen LogP contribution in [-0.4, -0.2) is 36.0 Å². The van der Waals surface area contributed by atoms with Gasteiger partial charge in [-0.05, 0) is 13.0 Å². The highest BCUT2D eigenvalue weighted by atomic mass is 16.3. The number of piperidine rings is 1. The Bertz CT molecular complexity index is 87.1. The van der Waals surface area contributed by atoms with E-state index in [-0.39, 0.29) is 18.6 Å². The molecule has 1 aliphatic heterocycles. The van der Waals surface area contributed by atoms with Gasteiger partial charge in [-0.25, -0.2) is 0 Å². The molecule has 0 aliphatic carbocycles. The number of β-amino-alcohol motifs (C(OH)–C–C–N with tert-alkyl or cyclic N) is 1. The van der Waals surface area contributed by atoms with E-state index in [0.29, 0.717) is 6.54 Å². The first-order valence-electron chi connectivity index (χ1n) is 3.34. The molecule has 3 N–H and O–H groups in total. The van der Waals surface area contributed by atoms with Gasteiger partial charge in [0.25, 0.3) is 0 Å². The first kappa shape index (κ1) is 6.99. The van der Waals surface area contributed by atoms with Crippen LogP contribution in [0, 0.1) is 5.92 Å². The Labute approximate surface area is 54.7 Å². The molecule has 0 spiro atoms. The molecule has 1 saturated heterocycles. The lowest BCUT2D eigenvalue weighted by Gasteiger charge is -2.26. The van der Waals surface area contributed by atoms with Crippen LogP contribution in [0.5, 0.6) is 0 Å². The zero-order valence-electron chi connectivity index (χ0n) is 5.38. The van der Waals surface area contributed by atoms with Crippen molar-refractivity contribution in [1.82, 2.24) is 5.32 Å². The van der Waals surface area contributed by atoms with Crippen molar-refractivity contribution in [2.45, 2.75) is 12.5 Å². The highest BCUT2D eigenvalue weighted by Crippen LogP contribution is 2.10. The van der Waals surface area contributed by atoms with Crippen LogP contribution in [0.2, 0.25) is 0 Å². The number of rotatable bonds is 1. The summed E-state index contributed by atoms with van der Waals surface area (Å²) in [5.74, 6) is 0.103. The first-order chi connectivity index (χ1) is 4.34. The third-order valence-corrected chi connectivity index (χ3v) is 1.82. The predicted octanol–water partition coefficient (Wildman–Crippen LogP) is -1.05. The highest BCUT2D eigenvalue weighted by Gasteiger charge is 2.20. The Kier molecular flexibility index (Phi) is 2.45. The fourth-order valence-corrected chi connectivity index (χ4v) is 1.11. The average molecular weight is 131 g/mol. The summed E-state index contributed by atoms with van der Waals surface area (Å²) < 4.78 is 0. The van der Waals surface area contributed by atoms with Gasteiger partial charge in [-0.15, -0.1) is 0 Å². The van der Waals surface area contributed by atoms with Crippen molar-refractivity contribution in [1.29, 1.82) is 0 Å². The van der Waals surface area contributed by atoms with Gasteiger partial charge in [0, 0.05) is 19.1 Å². The molecule has 0 aromatic carbocycles. The lowest BCUT2D eigenvalue weighted by atomic mass is 9.96. The molecule has 0 saturated carbocycles. The summed E-state index contributed by atoms with van der Waals surface area (Å²) in [5, 5.41) is 20.9. The van der Waals surface area contributed by atoms with E-state index in [1.54, 1.807) is 0 Å². The van der Waals surface area contributed by atoms with Crippen LogP contribution in [-0.2, 0) is 0 Å². The second kappa shape index (κ2) is 3.15. The molecule has 54 valence electrons. The van der Waals surface area contributed by atoms with E-state index in [2.05, 4.69) is 5.32 Å². The van der Waals surface area contributed by atoms with Crippen LogP contribution >= 0.6 is 0 Å². The molecule has 0 bridgehead atoms. The smallest absolute Gasteiger partial charge is 0.0715 e. The van der Waals surface area contributed by atoms with Gasteiger partial charge in [-0.3, -0.25) is 0 Å². The maximum absolute atomic E-state index is 9.15. The molecule has 0 aromatic heterocycles. The third kappa shape index (κ3) is 1.64. The van der Waals surface area contributed by atoms with Crippen LogP contribution in [0.1, 0.15) is 6.42 Å². The monoisotopic (exact) mass is 131 g/mol. The van der Waals surface area contributed by atoms with E-state index in [4.69, 9.17) is 10.2 Å². The third-order valence-electron chi connectivity index (χ3n) is 1.82. The summed E-state index contributed by atoms with van der Waals surface area (Å²) in [4.78, 5) is 0. The molecule has 1 rings (SSSR count). The Morgan fingerprint density at radius 3 is 2.78 bits per heavy atom. The molecule has 1 fully saturated rings. The topological polar surface area (TPSA) is 52.5 Å². The zero-order chi connectivity index (χ0) is 6.69. The lowest BCUT2D eigenvalue weighted by Crippen LogP contribution is -2.41. The van der Waals surface area contributed by atoms with Gasteiger partial charge in [0.1, 0.15) is 0 Å². The van der Waals surface area contributed by atoms with E-state index in [9.17, 15) is 0 Å². The van der Waals surface area contributed by atoms with Crippen molar-refractivity contribution in [3.63, 3.8) is 0 Å². The molecule has 3 nitrogen and oxygen atoms in total. The number of aliphatic hydroxyl groups is 2. The van der Waals surface area contributed by atoms with Crippen molar-refractivity contribution in [2.24, 2.45) is 5.92 Å². The number of hydrogen-bond acceptors (Lipinski definition) is 3. The van der Waals surface area contributed by atoms with Crippen LogP contribution in [0.3, 0.4) is 0 Å². The molecule has 2 atom stereocenters. The molecule has 0 aromatic rings. The minimum absolute atomic E-state index is 0.103. The summed E-state index contributed by atoms with van der Waals surface area (Å²) >= 11 is 0. The van der Waals surface area contributed by atoms with E-state index < -0.39 is 0 Å². The minimum atomic E-state index is -0.344. The molecule has 3 heteroatoms. The van der Waals surface area contributed by atoms with E-state index in [1.807, 2.05) is 0 Å². The fraction of sp³-hybridized carbons (Fsp3) is 1.00. The normalized spacial score (nSPS) is 36.7. The maximum Gasteiger partial charge on any atom is 0.0715 e. The van der Waals surface area contributed by atoms with Crippen molar-refractivity contribution < 1.29 is 10.2 Å². The quantitative estimate of drug-likeness (QED) is 0.425. The molecular weight excluding hydrogens is 118 g/mol. The second-order valence-corrected chi connectivity index (χ2v) is 2.50. The largest absolute Gasteiger partial charge is 0.396 e. The number of nitrogens with one attached hydrogen (secondary N) is 1. The Balaban J connectivity index is 2.30. The standard InChI is InChI=1S/C6H13NO2/c8-4-5-1-2-7-3-6(5)9/h5-9H,1-4H2/t5-,6-/m0/s1. The number of aliphatic hydroxyl groups excluding tert-OH is 2. The SMILES string of the molecule is OC[C@@H]1CCNC[C@@H]1O. The minimum Gasteiger partial charge on any atom is -0.396 e. The Morgan fingerprint density at radius 2 is 2.33 bits per heavy atom. The Hall–Kier alpha value is -0.120. The van der Waals surface area contributed by atoms with Crippen LogP contribution in [0.4, 0.5) is 0 Å². The number of hydrogen-bond donors (Lipinski definition) is 3. The van der Waals surface area contributed by atoms with Crippen LogP contribution in [0.15, 0.2) is 0 Å². The van der Waals surface area contributed by atoms with Crippen molar-refractivity contribution in [2.75, 3.05) is 19.7 Å². The molecule has 0 amide bonds. The molecule has 1 aliphatic rings. The van der Waals surface area contributed by atoms with Crippen LogP contribution in [0.25, 0.3) is 0 Å². The molecule has 1 heterocycles. The van der Waals surface area contributed by atoms with Gasteiger partial charge in [0.2, 0.25) is 0 Å². The molecule has 0 radical (unpaired) electrons. The summed E-state index contributed by atoms with van der Waals surface area (Å²) in [6.07, 6.45) is 0.543. The maximum atomic E-state index is 9.15. The van der Waals surface area contributed by atoms with Gasteiger partial charge >= 0.3 is 0 Å². The van der Waals surface area contributed by atoms with Crippen molar-refractivity contribution in [3.8, 4) is 0 Å². The summed E-state index contributed by atoms with van der Waals surface area (Å²) in [5.41, 5.74) is 0. The van der Waals surface area contributed by atoms with Crippen molar-refractivity contribution >= 4 is 0 Å². The van der Waals surface area contributed by atoms with Gasteiger partial charge in [-0.2, -0.15) is 0 Å². The van der Waals surface area contributed by atoms with E-state index >= 15 is 0 Å². The average Bonchev–Trinajstić information content (AvgIpc) is 1.89. The fourth-order valence-electron chi connectivity index (χ4n) is 1.11. The molecule has 0 unspecified atom stereocenters. The van der Waals surface area contributed by atoms with Gasteiger partial charge in [0.05, 0.1) is 6.10 Å². The second-order valence-electron chi connectivity index (χ2n) is 2.50. The zero-order valence-corrected chi connectivity index (χ0v) is 5.38. The van der Waals surface area contributed by atoms with E-state index in [0.717, 1.165) is 13.0 Å². The Morgan fingerprint density at radius 1 is 1.56 bits per heavy atom. The first-order valence-corrected chi connectivity index (χ1v) is 3.34. The predicted molar refractivity (Wildman–Crippen MR) is 34.1 cm³/mol. The van der Waals surface area contributed by atoms with Crippen LogP contribution < -0.4 is 5.32 Å². The highest BCUT2D eigenvalue weighted by molar-refractivity contribution is 4.75. The van der Waals surface area contributed by atoms with Crippen molar-refractivity contribution in [3.05, 3.63) is 0 Å². The molecule has 9 heavy (non-hydrogen) atoms. The van der Waals surface area contributed by atoms with Gasteiger partial charge in [-0.1, -0.05) is 0 Å².